The summed E-state index contributed by atoms with van der Waals surface area (Å²) in [5.41, 5.74) is 0. The summed E-state index contributed by atoms with van der Waals surface area (Å²) in [5, 5.41) is 0. The van der Waals surface area contributed by atoms with Crippen molar-refractivity contribution < 1.29 is 14.2 Å². The molecule has 0 aliphatic carbocycles. The maximum atomic E-state index is 5.41. The zero-order valence-electron chi connectivity index (χ0n) is 8.03. The number of rotatable bonds is 6. The first-order valence-electron chi connectivity index (χ1n) is 4.28. The summed E-state index contributed by atoms with van der Waals surface area (Å²) in [6, 6.07) is 7.68. The van der Waals surface area contributed by atoms with Gasteiger partial charge in [0.2, 0.25) is 0 Å². The van der Waals surface area contributed by atoms with Crippen molar-refractivity contribution in [2.24, 2.45) is 0 Å². The standard InChI is InChI=1S/C10H13BrO3/c1-12-8-13-6-7-14-10-4-2-9(11)3-5-10/h2-5H,6-8H2,1H3. The number of hydrogen-bond acceptors (Lipinski definition) is 3. The molecule has 0 saturated heterocycles. The molecule has 0 aromatic heterocycles. The maximum Gasteiger partial charge on any atom is 0.146 e. The number of ether oxygens (including phenoxy) is 3. The number of methoxy groups -OCH3 is 1. The van der Waals surface area contributed by atoms with Crippen LogP contribution in [0, 0.1) is 0 Å². The van der Waals surface area contributed by atoms with Gasteiger partial charge in [0.1, 0.15) is 19.1 Å². The summed E-state index contributed by atoms with van der Waals surface area (Å²) in [5.74, 6) is 0.842. The minimum atomic E-state index is 0.309. The molecule has 0 bridgehead atoms. The van der Waals surface area contributed by atoms with Gasteiger partial charge in [-0.3, -0.25) is 0 Å². The fourth-order valence-electron chi connectivity index (χ4n) is 0.892. The van der Waals surface area contributed by atoms with Crippen LogP contribution in [0.3, 0.4) is 0 Å². The lowest BCUT2D eigenvalue weighted by molar-refractivity contribution is -0.0387. The summed E-state index contributed by atoms with van der Waals surface area (Å²) >= 11 is 3.35. The number of benzene rings is 1. The minimum Gasteiger partial charge on any atom is -0.491 e. The summed E-state index contributed by atoms with van der Waals surface area (Å²) in [6.45, 7) is 1.37. The van der Waals surface area contributed by atoms with Crippen molar-refractivity contribution in [3.63, 3.8) is 0 Å². The maximum absolute atomic E-state index is 5.41. The predicted molar refractivity (Wildman–Crippen MR) is 57.5 cm³/mol. The van der Waals surface area contributed by atoms with Crippen molar-refractivity contribution in [1.29, 1.82) is 0 Å². The van der Waals surface area contributed by atoms with E-state index in [0.717, 1.165) is 10.2 Å². The van der Waals surface area contributed by atoms with Gasteiger partial charge in [-0.05, 0) is 24.3 Å². The van der Waals surface area contributed by atoms with Crippen molar-refractivity contribution in [1.82, 2.24) is 0 Å². The molecule has 78 valence electrons. The molecule has 0 radical (unpaired) electrons. The van der Waals surface area contributed by atoms with Crippen LogP contribution in [0.4, 0.5) is 0 Å². The molecule has 0 unspecified atom stereocenters. The third kappa shape index (κ3) is 4.60. The SMILES string of the molecule is COCOCCOc1ccc(Br)cc1. The highest BCUT2D eigenvalue weighted by Gasteiger charge is 1.93. The molecule has 3 nitrogen and oxygen atoms in total. The van der Waals surface area contributed by atoms with E-state index in [-0.39, 0.29) is 0 Å². The van der Waals surface area contributed by atoms with Crippen molar-refractivity contribution in [2.75, 3.05) is 27.1 Å². The first-order chi connectivity index (χ1) is 6.83. The van der Waals surface area contributed by atoms with Gasteiger partial charge in [-0.2, -0.15) is 0 Å². The summed E-state index contributed by atoms with van der Waals surface area (Å²) in [6.07, 6.45) is 0. The molecule has 1 aromatic carbocycles. The molecule has 0 aliphatic rings. The Bertz CT molecular complexity index is 248. The average molecular weight is 261 g/mol. The molecule has 14 heavy (non-hydrogen) atoms. The Balaban J connectivity index is 2.15. The van der Waals surface area contributed by atoms with Crippen LogP contribution in [0.25, 0.3) is 0 Å². The first-order valence-corrected chi connectivity index (χ1v) is 5.07. The Hall–Kier alpha value is -0.580. The molecule has 1 aromatic rings. The van der Waals surface area contributed by atoms with Crippen LogP contribution < -0.4 is 4.74 Å². The predicted octanol–water partition coefficient (Wildman–Crippen LogP) is 2.45. The van der Waals surface area contributed by atoms with E-state index in [1.165, 1.54) is 0 Å². The zero-order valence-corrected chi connectivity index (χ0v) is 9.62. The van der Waals surface area contributed by atoms with Crippen LogP contribution in [0.2, 0.25) is 0 Å². The second kappa shape index (κ2) is 6.81. The fraction of sp³-hybridized carbons (Fsp3) is 0.400. The summed E-state index contributed by atoms with van der Waals surface area (Å²) < 4.78 is 16.2. The van der Waals surface area contributed by atoms with Gasteiger partial charge in [0.25, 0.3) is 0 Å². The first kappa shape index (κ1) is 11.5. The van der Waals surface area contributed by atoms with Crippen LogP contribution in [-0.2, 0) is 9.47 Å². The van der Waals surface area contributed by atoms with Gasteiger partial charge in [0.15, 0.2) is 0 Å². The van der Waals surface area contributed by atoms with E-state index in [1.54, 1.807) is 7.11 Å². The van der Waals surface area contributed by atoms with Crippen molar-refractivity contribution in [3.05, 3.63) is 28.7 Å². The quantitative estimate of drug-likeness (QED) is 0.581. The van der Waals surface area contributed by atoms with Gasteiger partial charge < -0.3 is 14.2 Å². The molecule has 4 heteroatoms. The highest BCUT2D eigenvalue weighted by molar-refractivity contribution is 9.10. The molecule has 0 amide bonds. The Morgan fingerprint density at radius 1 is 1.14 bits per heavy atom. The van der Waals surface area contributed by atoms with Crippen LogP contribution in [0.5, 0.6) is 5.75 Å². The number of halogens is 1. The third-order valence-electron chi connectivity index (χ3n) is 1.51. The van der Waals surface area contributed by atoms with Crippen LogP contribution in [0.1, 0.15) is 0 Å². The van der Waals surface area contributed by atoms with Crippen molar-refractivity contribution in [3.8, 4) is 5.75 Å². The fourth-order valence-corrected chi connectivity index (χ4v) is 1.16. The van der Waals surface area contributed by atoms with Gasteiger partial charge in [-0.25, -0.2) is 0 Å². The lowest BCUT2D eigenvalue weighted by Crippen LogP contribution is -2.07. The van der Waals surface area contributed by atoms with E-state index >= 15 is 0 Å². The normalized spacial score (nSPS) is 10.1. The van der Waals surface area contributed by atoms with Gasteiger partial charge in [-0.1, -0.05) is 15.9 Å². The van der Waals surface area contributed by atoms with Gasteiger partial charge in [0, 0.05) is 11.6 Å². The molecule has 1 rings (SSSR count). The van der Waals surface area contributed by atoms with Gasteiger partial charge in [-0.15, -0.1) is 0 Å². The van der Waals surface area contributed by atoms with E-state index in [4.69, 9.17) is 14.2 Å². The molecule has 0 saturated carbocycles. The van der Waals surface area contributed by atoms with E-state index in [9.17, 15) is 0 Å². The van der Waals surface area contributed by atoms with Crippen LogP contribution in [0.15, 0.2) is 28.7 Å². The molecule has 0 aliphatic heterocycles. The molecular weight excluding hydrogens is 248 g/mol. The van der Waals surface area contributed by atoms with Gasteiger partial charge >= 0.3 is 0 Å². The van der Waals surface area contributed by atoms with E-state index in [2.05, 4.69) is 15.9 Å². The third-order valence-corrected chi connectivity index (χ3v) is 2.04. The second-order valence-corrected chi connectivity index (χ2v) is 3.53. The summed E-state index contributed by atoms with van der Waals surface area (Å²) in [7, 11) is 1.59. The lowest BCUT2D eigenvalue weighted by atomic mass is 10.3. The number of hydrogen-bond donors (Lipinski definition) is 0. The smallest absolute Gasteiger partial charge is 0.146 e. The Labute approximate surface area is 92.1 Å². The average Bonchev–Trinajstić information content (AvgIpc) is 2.21. The Kier molecular flexibility index (Phi) is 5.59. The minimum absolute atomic E-state index is 0.309. The van der Waals surface area contributed by atoms with E-state index in [1.807, 2.05) is 24.3 Å². The van der Waals surface area contributed by atoms with Crippen molar-refractivity contribution in [2.45, 2.75) is 0 Å². The van der Waals surface area contributed by atoms with Crippen LogP contribution in [-0.4, -0.2) is 27.1 Å². The molecule has 0 heterocycles. The molecule has 0 N–H and O–H groups in total. The van der Waals surface area contributed by atoms with E-state index in [0.29, 0.717) is 20.0 Å². The Morgan fingerprint density at radius 2 is 1.86 bits per heavy atom. The molecule has 0 fully saturated rings. The highest BCUT2D eigenvalue weighted by Crippen LogP contribution is 2.15. The molecule has 0 atom stereocenters. The summed E-state index contributed by atoms with van der Waals surface area (Å²) in [4.78, 5) is 0. The zero-order chi connectivity index (χ0) is 10.2. The topological polar surface area (TPSA) is 27.7 Å². The van der Waals surface area contributed by atoms with E-state index < -0.39 is 0 Å². The highest BCUT2D eigenvalue weighted by atomic mass is 79.9. The second-order valence-electron chi connectivity index (χ2n) is 2.62. The molecule has 0 spiro atoms. The Morgan fingerprint density at radius 3 is 2.50 bits per heavy atom. The lowest BCUT2D eigenvalue weighted by Gasteiger charge is -2.06. The largest absolute Gasteiger partial charge is 0.491 e. The van der Waals surface area contributed by atoms with Gasteiger partial charge in [0.05, 0.1) is 6.61 Å². The molecular formula is C10H13BrO3. The van der Waals surface area contributed by atoms with Crippen LogP contribution >= 0.6 is 15.9 Å². The monoisotopic (exact) mass is 260 g/mol. The van der Waals surface area contributed by atoms with Crippen molar-refractivity contribution >= 4 is 15.9 Å².